The lowest BCUT2D eigenvalue weighted by Gasteiger charge is -2.26. The predicted octanol–water partition coefficient (Wildman–Crippen LogP) is 6.47. The molecule has 0 aliphatic heterocycles. The smallest absolute Gasteiger partial charge is 0.387 e. The third-order valence-corrected chi connectivity index (χ3v) is 5.36. The summed E-state index contributed by atoms with van der Waals surface area (Å²) in [6, 6.07) is 13.7. The van der Waals surface area contributed by atoms with Gasteiger partial charge < -0.3 is 9.47 Å². The van der Waals surface area contributed by atoms with Crippen molar-refractivity contribution in [2.75, 3.05) is 0 Å². The van der Waals surface area contributed by atoms with E-state index in [1.807, 2.05) is 12.1 Å². The number of halogens is 2. The van der Waals surface area contributed by atoms with Crippen LogP contribution in [0.5, 0.6) is 11.5 Å². The highest BCUT2D eigenvalue weighted by Crippen LogP contribution is 2.33. The van der Waals surface area contributed by atoms with Crippen LogP contribution in [-0.2, 0) is 4.79 Å². The molecule has 0 atom stereocenters. The van der Waals surface area contributed by atoms with Crippen molar-refractivity contribution in [3.05, 3.63) is 48.5 Å². The quantitative estimate of drug-likeness (QED) is 0.403. The van der Waals surface area contributed by atoms with Crippen molar-refractivity contribution in [3.63, 3.8) is 0 Å². The predicted molar refractivity (Wildman–Crippen MR) is 105 cm³/mol. The molecule has 1 aliphatic rings. The largest absolute Gasteiger partial charge is 0.435 e. The first-order valence-electron chi connectivity index (χ1n) is 9.92. The molecule has 150 valence electrons. The fourth-order valence-electron chi connectivity index (χ4n) is 3.84. The number of carbonyl (C=O) groups is 1. The number of alkyl halides is 2. The average Bonchev–Trinajstić information content (AvgIpc) is 2.69. The van der Waals surface area contributed by atoms with Gasteiger partial charge in [0, 0.05) is 0 Å². The zero-order chi connectivity index (χ0) is 19.9. The maximum Gasteiger partial charge on any atom is 0.387 e. The molecule has 1 aliphatic carbocycles. The minimum absolute atomic E-state index is 0.00448. The summed E-state index contributed by atoms with van der Waals surface area (Å²) in [5, 5.41) is 0. The van der Waals surface area contributed by atoms with Gasteiger partial charge in [-0.15, -0.1) is 0 Å². The summed E-state index contributed by atoms with van der Waals surface area (Å²) in [7, 11) is 0. The summed E-state index contributed by atoms with van der Waals surface area (Å²) >= 11 is 0. The van der Waals surface area contributed by atoms with Crippen molar-refractivity contribution >= 4 is 5.97 Å². The average molecular weight is 388 g/mol. The van der Waals surface area contributed by atoms with Crippen molar-refractivity contribution < 1.29 is 23.0 Å². The van der Waals surface area contributed by atoms with E-state index in [1.54, 1.807) is 24.3 Å². The summed E-state index contributed by atoms with van der Waals surface area (Å²) in [4.78, 5) is 12.4. The van der Waals surface area contributed by atoms with E-state index >= 15 is 0 Å². The van der Waals surface area contributed by atoms with E-state index in [9.17, 15) is 13.6 Å². The number of hydrogen-bond donors (Lipinski definition) is 0. The van der Waals surface area contributed by atoms with Crippen molar-refractivity contribution in [1.29, 1.82) is 0 Å². The Kier molecular flexibility index (Phi) is 7.01. The molecule has 3 nitrogen and oxygen atoms in total. The summed E-state index contributed by atoms with van der Waals surface area (Å²) in [5.41, 5.74) is 1.78. The zero-order valence-electron chi connectivity index (χ0n) is 16.1. The molecule has 0 radical (unpaired) electrons. The van der Waals surface area contributed by atoms with E-state index < -0.39 is 6.61 Å². The van der Waals surface area contributed by atoms with Crippen LogP contribution in [0.2, 0.25) is 0 Å². The molecule has 0 heterocycles. The van der Waals surface area contributed by atoms with Crippen molar-refractivity contribution in [1.82, 2.24) is 0 Å². The van der Waals surface area contributed by atoms with Crippen LogP contribution in [0.15, 0.2) is 48.5 Å². The zero-order valence-corrected chi connectivity index (χ0v) is 16.1. The molecule has 5 heteroatoms. The molecule has 0 bridgehead atoms. The van der Waals surface area contributed by atoms with Crippen molar-refractivity contribution in [2.24, 2.45) is 11.8 Å². The van der Waals surface area contributed by atoms with Crippen LogP contribution in [-0.4, -0.2) is 12.6 Å². The Hall–Kier alpha value is -2.43. The van der Waals surface area contributed by atoms with Gasteiger partial charge in [0.25, 0.3) is 0 Å². The first kappa shape index (κ1) is 20.3. The van der Waals surface area contributed by atoms with Crippen LogP contribution in [0.3, 0.4) is 0 Å². The maximum atomic E-state index is 12.4. The molecule has 0 N–H and O–H groups in total. The maximum absolute atomic E-state index is 12.4. The van der Waals surface area contributed by atoms with Crippen LogP contribution in [0, 0.1) is 11.8 Å². The number of rotatable bonds is 7. The van der Waals surface area contributed by atoms with E-state index in [0.717, 1.165) is 42.7 Å². The number of benzene rings is 2. The van der Waals surface area contributed by atoms with Crippen molar-refractivity contribution in [3.8, 4) is 22.6 Å². The van der Waals surface area contributed by atoms with E-state index in [-0.39, 0.29) is 17.6 Å². The van der Waals surface area contributed by atoms with Crippen LogP contribution in [0.1, 0.15) is 45.4 Å². The van der Waals surface area contributed by atoms with Crippen LogP contribution >= 0.6 is 0 Å². The molecule has 1 saturated carbocycles. The number of esters is 1. The van der Waals surface area contributed by atoms with Crippen LogP contribution in [0.25, 0.3) is 11.1 Å². The normalized spacial score (nSPS) is 19.4. The van der Waals surface area contributed by atoms with Gasteiger partial charge in [-0.1, -0.05) is 44.0 Å². The Labute approximate surface area is 164 Å². The lowest BCUT2D eigenvalue weighted by Crippen LogP contribution is -2.25. The number of carbonyl (C=O) groups excluding carboxylic acids is 1. The molecule has 0 unspecified atom stereocenters. The lowest BCUT2D eigenvalue weighted by molar-refractivity contribution is -0.140. The molecule has 0 spiro atoms. The minimum Gasteiger partial charge on any atom is -0.435 e. The SMILES string of the molecule is CCCC1CCC(C(=O)Oc2ccc(-c3ccc(OC(F)F)cc3)cc2)CC1. The van der Waals surface area contributed by atoms with Gasteiger partial charge in [0.05, 0.1) is 5.92 Å². The van der Waals surface area contributed by atoms with Gasteiger partial charge in [-0.3, -0.25) is 4.79 Å². The Morgan fingerprint density at radius 2 is 1.46 bits per heavy atom. The first-order chi connectivity index (χ1) is 13.5. The second kappa shape index (κ2) is 9.67. The second-order valence-electron chi connectivity index (χ2n) is 7.35. The Morgan fingerprint density at radius 3 is 1.96 bits per heavy atom. The van der Waals surface area contributed by atoms with Gasteiger partial charge in [0.15, 0.2) is 0 Å². The molecule has 0 aromatic heterocycles. The molecular formula is C23H26F2O3. The third-order valence-electron chi connectivity index (χ3n) is 5.36. The highest BCUT2D eigenvalue weighted by Gasteiger charge is 2.27. The van der Waals surface area contributed by atoms with Gasteiger partial charge in [-0.2, -0.15) is 8.78 Å². The fraction of sp³-hybridized carbons (Fsp3) is 0.435. The molecular weight excluding hydrogens is 362 g/mol. The molecule has 28 heavy (non-hydrogen) atoms. The highest BCUT2D eigenvalue weighted by molar-refractivity contribution is 5.75. The monoisotopic (exact) mass is 388 g/mol. The van der Waals surface area contributed by atoms with Gasteiger partial charge in [0.2, 0.25) is 0 Å². The summed E-state index contributed by atoms with van der Waals surface area (Å²) in [6.07, 6.45) is 6.49. The minimum atomic E-state index is -2.83. The third kappa shape index (κ3) is 5.54. The van der Waals surface area contributed by atoms with Gasteiger partial charge in [-0.05, 0) is 67.0 Å². The number of ether oxygens (including phenoxy) is 2. The van der Waals surface area contributed by atoms with E-state index in [0.29, 0.717) is 5.75 Å². The Morgan fingerprint density at radius 1 is 0.929 bits per heavy atom. The molecule has 0 amide bonds. The van der Waals surface area contributed by atoms with E-state index in [1.165, 1.54) is 25.0 Å². The van der Waals surface area contributed by atoms with E-state index in [4.69, 9.17) is 4.74 Å². The molecule has 2 aromatic carbocycles. The lowest BCUT2D eigenvalue weighted by atomic mass is 9.80. The fourth-order valence-corrected chi connectivity index (χ4v) is 3.84. The molecule has 3 rings (SSSR count). The topological polar surface area (TPSA) is 35.5 Å². The number of hydrogen-bond acceptors (Lipinski definition) is 3. The molecule has 0 saturated heterocycles. The first-order valence-corrected chi connectivity index (χ1v) is 9.92. The summed E-state index contributed by atoms with van der Waals surface area (Å²) in [5.74, 6) is 1.26. The van der Waals surface area contributed by atoms with Gasteiger partial charge in [0.1, 0.15) is 11.5 Å². The van der Waals surface area contributed by atoms with Gasteiger partial charge in [-0.25, -0.2) is 0 Å². The Bertz CT molecular complexity index is 748. The standard InChI is InChI=1S/C23H26F2O3/c1-2-3-16-4-6-19(7-5-16)22(26)27-20-12-8-17(9-13-20)18-10-14-21(15-11-18)28-23(24)25/h8-16,19,23H,2-7H2,1H3. The summed E-state index contributed by atoms with van der Waals surface area (Å²) in [6.45, 7) is -0.628. The highest BCUT2D eigenvalue weighted by atomic mass is 19.3. The second-order valence-corrected chi connectivity index (χ2v) is 7.35. The van der Waals surface area contributed by atoms with Gasteiger partial charge >= 0.3 is 12.6 Å². The van der Waals surface area contributed by atoms with Crippen LogP contribution in [0.4, 0.5) is 8.78 Å². The van der Waals surface area contributed by atoms with Crippen molar-refractivity contribution in [2.45, 2.75) is 52.1 Å². The molecule has 2 aromatic rings. The van der Waals surface area contributed by atoms with E-state index in [2.05, 4.69) is 11.7 Å². The molecule has 1 fully saturated rings. The van der Waals surface area contributed by atoms with Crippen LogP contribution < -0.4 is 9.47 Å². The Balaban J connectivity index is 1.55. The summed E-state index contributed by atoms with van der Waals surface area (Å²) < 4.78 is 34.3.